The number of hydrogen-bond acceptors (Lipinski definition) is 4. The van der Waals surface area contributed by atoms with Gasteiger partial charge in [-0.05, 0) is 30.4 Å². The highest BCUT2D eigenvalue weighted by Crippen LogP contribution is 2.26. The number of likely N-dealkylation sites (tertiary alicyclic amines) is 1. The maximum Gasteiger partial charge on any atom is 0.246 e. The van der Waals surface area contributed by atoms with Crippen molar-refractivity contribution >= 4 is 23.3 Å². The molecule has 2 aliphatic heterocycles. The van der Waals surface area contributed by atoms with Gasteiger partial charge in [-0.25, -0.2) is 0 Å². The molecule has 0 unspecified atom stereocenters. The molecule has 1 aromatic rings. The second kappa shape index (κ2) is 6.52. The highest BCUT2D eigenvalue weighted by Gasteiger charge is 2.31. The Kier molecular flexibility index (Phi) is 4.50. The van der Waals surface area contributed by atoms with Crippen molar-refractivity contribution in [1.82, 2.24) is 4.90 Å². The molecule has 1 aromatic heterocycles. The molecule has 2 saturated heterocycles. The number of rotatable bonds is 3. The zero-order chi connectivity index (χ0) is 13.8. The van der Waals surface area contributed by atoms with Gasteiger partial charge in [0.05, 0.1) is 13.2 Å². The normalized spacial score (nSPS) is 21.9. The van der Waals surface area contributed by atoms with Crippen molar-refractivity contribution in [2.24, 2.45) is 5.92 Å². The summed E-state index contributed by atoms with van der Waals surface area (Å²) in [7, 11) is 0. The summed E-state index contributed by atoms with van der Waals surface area (Å²) in [5.41, 5.74) is 0. The van der Waals surface area contributed by atoms with Crippen molar-refractivity contribution in [2.75, 3.05) is 26.3 Å². The smallest absolute Gasteiger partial charge is 0.246 e. The van der Waals surface area contributed by atoms with E-state index >= 15 is 0 Å². The topological polar surface area (TPSA) is 38.8 Å². The molecule has 108 valence electrons. The minimum atomic E-state index is -0.0473. The molecule has 1 amide bonds. The lowest BCUT2D eigenvalue weighted by Crippen LogP contribution is -2.40. The van der Waals surface area contributed by atoms with E-state index in [1.54, 1.807) is 17.4 Å². The molecule has 0 spiro atoms. The largest absolute Gasteiger partial charge is 0.350 e. The Morgan fingerprint density at radius 3 is 2.70 bits per heavy atom. The number of piperidine rings is 1. The van der Waals surface area contributed by atoms with Crippen molar-refractivity contribution in [3.63, 3.8) is 0 Å². The molecule has 2 fully saturated rings. The third-order valence-electron chi connectivity index (χ3n) is 3.82. The lowest BCUT2D eigenvalue weighted by molar-refractivity contribution is -0.131. The first-order valence-electron chi connectivity index (χ1n) is 7.06. The van der Waals surface area contributed by atoms with E-state index in [0.29, 0.717) is 19.1 Å². The molecule has 0 radical (unpaired) electrons. The van der Waals surface area contributed by atoms with Crippen LogP contribution >= 0.6 is 11.3 Å². The lowest BCUT2D eigenvalue weighted by atomic mass is 9.96. The minimum absolute atomic E-state index is 0.0473. The monoisotopic (exact) mass is 293 g/mol. The van der Waals surface area contributed by atoms with Gasteiger partial charge in [-0.1, -0.05) is 6.07 Å². The van der Waals surface area contributed by atoms with E-state index in [4.69, 9.17) is 9.47 Å². The molecule has 0 aromatic carbocycles. The van der Waals surface area contributed by atoms with Crippen LogP contribution in [0.2, 0.25) is 0 Å². The summed E-state index contributed by atoms with van der Waals surface area (Å²) in [6.07, 6.45) is 5.44. The first-order valence-corrected chi connectivity index (χ1v) is 7.94. The standard InChI is InChI=1S/C15H19NO3S/c17-14(4-3-13-2-1-11-20-13)16-7-5-12(6-8-16)15-18-9-10-19-15/h1-4,11-12,15H,5-10H2/b4-3+. The molecule has 0 bridgehead atoms. The van der Waals surface area contributed by atoms with Crippen LogP contribution in [0.25, 0.3) is 6.08 Å². The summed E-state index contributed by atoms with van der Waals surface area (Å²) < 4.78 is 11.1. The molecule has 3 rings (SSSR count). The summed E-state index contributed by atoms with van der Waals surface area (Å²) in [6, 6.07) is 4.00. The third kappa shape index (κ3) is 3.29. The van der Waals surface area contributed by atoms with Crippen LogP contribution in [0.3, 0.4) is 0 Å². The first kappa shape index (κ1) is 13.8. The summed E-state index contributed by atoms with van der Waals surface area (Å²) in [5, 5.41) is 2.01. The van der Waals surface area contributed by atoms with Gasteiger partial charge >= 0.3 is 0 Å². The molecule has 20 heavy (non-hydrogen) atoms. The molecule has 5 heteroatoms. The Hall–Kier alpha value is -1.17. The van der Waals surface area contributed by atoms with Crippen LogP contribution < -0.4 is 0 Å². The van der Waals surface area contributed by atoms with E-state index in [0.717, 1.165) is 30.8 Å². The summed E-state index contributed by atoms with van der Waals surface area (Å²) in [5.74, 6) is 0.535. The van der Waals surface area contributed by atoms with Gasteiger partial charge in [0.25, 0.3) is 0 Å². The Bertz CT molecular complexity index is 457. The zero-order valence-corrected chi connectivity index (χ0v) is 12.2. The molecule has 0 atom stereocenters. The van der Waals surface area contributed by atoms with Gasteiger partial charge in [0.2, 0.25) is 5.91 Å². The van der Waals surface area contributed by atoms with Crippen LogP contribution in [0.5, 0.6) is 0 Å². The van der Waals surface area contributed by atoms with Crippen LogP contribution in [-0.4, -0.2) is 43.4 Å². The van der Waals surface area contributed by atoms with Crippen molar-refractivity contribution < 1.29 is 14.3 Å². The van der Waals surface area contributed by atoms with Crippen molar-refractivity contribution in [3.8, 4) is 0 Å². The molecule has 2 aliphatic rings. The van der Waals surface area contributed by atoms with Gasteiger partial charge in [0.1, 0.15) is 0 Å². The first-order chi connectivity index (χ1) is 9.83. The summed E-state index contributed by atoms with van der Waals surface area (Å²) >= 11 is 1.64. The summed E-state index contributed by atoms with van der Waals surface area (Å²) in [6.45, 7) is 2.99. The molecule has 3 heterocycles. The number of thiophene rings is 1. The highest BCUT2D eigenvalue weighted by atomic mass is 32.1. The van der Waals surface area contributed by atoms with E-state index in [2.05, 4.69) is 0 Å². The zero-order valence-electron chi connectivity index (χ0n) is 11.4. The second-order valence-corrected chi connectivity index (χ2v) is 6.10. The molecule has 0 N–H and O–H groups in total. The Morgan fingerprint density at radius 1 is 1.30 bits per heavy atom. The predicted octanol–water partition coefficient (Wildman–Crippen LogP) is 2.37. The van der Waals surface area contributed by atoms with Gasteiger partial charge in [-0.15, -0.1) is 11.3 Å². The van der Waals surface area contributed by atoms with E-state index < -0.39 is 0 Å². The fraction of sp³-hybridized carbons (Fsp3) is 0.533. The SMILES string of the molecule is O=C(/C=C/c1cccs1)N1CCC(C2OCCO2)CC1. The van der Waals surface area contributed by atoms with Crippen LogP contribution in [0.1, 0.15) is 17.7 Å². The number of carbonyl (C=O) groups is 1. The van der Waals surface area contributed by atoms with E-state index in [-0.39, 0.29) is 12.2 Å². The Labute approximate surface area is 123 Å². The maximum absolute atomic E-state index is 12.1. The highest BCUT2D eigenvalue weighted by molar-refractivity contribution is 7.10. The van der Waals surface area contributed by atoms with Crippen LogP contribution in [0, 0.1) is 5.92 Å². The van der Waals surface area contributed by atoms with Crippen molar-refractivity contribution in [3.05, 3.63) is 28.5 Å². The van der Waals surface area contributed by atoms with Crippen molar-refractivity contribution in [2.45, 2.75) is 19.1 Å². The number of amides is 1. The molecule has 0 aliphatic carbocycles. The fourth-order valence-corrected chi connectivity index (χ4v) is 3.30. The van der Waals surface area contributed by atoms with Gasteiger partial charge in [0.15, 0.2) is 6.29 Å². The minimum Gasteiger partial charge on any atom is -0.350 e. The molecular formula is C15H19NO3S. The number of carbonyl (C=O) groups excluding carboxylic acids is 1. The predicted molar refractivity (Wildman–Crippen MR) is 78.3 cm³/mol. The Morgan fingerprint density at radius 2 is 2.05 bits per heavy atom. The molecule has 4 nitrogen and oxygen atoms in total. The summed E-state index contributed by atoms with van der Waals surface area (Å²) in [4.78, 5) is 15.1. The quantitative estimate of drug-likeness (QED) is 0.803. The van der Waals surface area contributed by atoms with Crippen LogP contribution in [0.15, 0.2) is 23.6 Å². The van der Waals surface area contributed by atoms with Crippen molar-refractivity contribution in [1.29, 1.82) is 0 Å². The number of hydrogen-bond donors (Lipinski definition) is 0. The Balaban J connectivity index is 1.48. The number of nitrogens with zero attached hydrogens (tertiary/aromatic N) is 1. The lowest BCUT2D eigenvalue weighted by Gasteiger charge is -2.33. The average Bonchev–Trinajstić information content (AvgIpc) is 3.18. The van der Waals surface area contributed by atoms with Gasteiger partial charge < -0.3 is 14.4 Å². The average molecular weight is 293 g/mol. The molecular weight excluding hydrogens is 274 g/mol. The van der Waals surface area contributed by atoms with Crippen LogP contribution in [0.4, 0.5) is 0 Å². The second-order valence-electron chi connectivity index (χ2n) is 5.12. The maximum atomic E-state index is 12.1. The third-order valence-corrected chi connectivity index (χ3v) is 4.65. The van der Waals surface area contributed by atoms with Gasteiger partial charge in [-0.3, -0.25) is 4.79 Å². The van der Waals surface area contributed by atoms with E-state index in [1.807, 2.05) is 28.5 Å². The number of ether oxygens (including phenoxy) is 2. The molecule has 0 saturated carbocycles. The van der Waals surface area contributed by atoms with Gasteiger partial charge in [-0.2, -0.15) is 0 Å². The van der Waals surface area contributed by atoms with E-state index in [9.17, 15) is 4.79 Å². The van der Waals surface area contributed by atoms with E-state index in [1.165, 1.54) is 0 Å². The van der Waals surface area contributed by atoms with Gasteiger partial charge in [0, 0.05) is 30.0 Å². The van der Waals surface area contributed by atoms with Crippen LogP contribution in [-0.2, 0) is 14.3 Å². The fourth-order valence-electron chi connectivity index (χ4n) is 2.69.